The van der Waals surface area contributed by atoms with Crippen LogP contribution in [0.3, 0.4) is 0 Å². The van der Waals surface area contributed by atoms with E-state index in [1.54, 1.807) is 12.3 Å². The van der Waals surface area contributed by atoms with Crippen LogP contribution in [0.1, 0.15) is 18.5 Å². The molecule has 20 heavy (non-hydrogen) atoms. The number of aromatic nitrogens is 1. The smallest absolute Gasteiger partial charge is 0.271 e. The predicted octanol–water partition coefficient (Wildman–Crippen LogP) is 4.06. The number of non-ortho nitro benzene ring substituents is 1. The van der Waals surface area contributed by atoms with Gasteiger partial charge in [0.05, 0.1) is 22.8 Å². The van der Waals surface area contributed by atoms with Crippen molar-refractivity contribution in [2.45, 2.75) is 13.0 Å². The first-order valence-corrected chi connectivity index (χ1v) is 6.57. The summed E-state index contributed by atoms with van der Waals surface area (Å²) in [6.45, 7) is 1.82. The lowest BCUT2D eigenvalue weighted by atomic mass is 10.1. The van der Waals surface area contributed by atoms with Gasteiger partial charge in [0.15, 0.2) is 0 Å². The maximum Gasteiger partial charge on any atom is 0.271 e. The molecule has 104 valence electrons. The number of anilines is 1. The molecule has 0 saturated carbocycles. The molecule has 0 aliphatic rings. The van der Waals surface area contributed by atoms with Gasteiger partial charge in [-0.1, -0.05) is 0 Å². The van der Waals surface area contributed by atoms with Crippen molar-refractivity contribution in [2.24, 2.45) is 0 Å². The van der Waals surface area contributed by atoms with Crippen LogP contribution in [-0.2, 0) is 0 Å². The molecule has 1 atom stereocenters. The molecule has 2 rings (SSSR count). The second kappa shape index (κ2) is 5.96. The standard InChI is InChI=1S/C13H11BrFN3O2/c1-8(9-4-10(15)7-16-6-9)17-13-5-11(18(19)20)2-3-12(13)14/h2-8,17H,1H3. The van der Waals surface area contributed by atoms with Gasteiger partial charge >= 0.3 is 0 Å². The second-order valence-corrected chi connectivity index (χ2v) is 5.08. The Balaban J connectivity index is 2.25. The number of nitrogens with one attached hydrogen (secondary N) is 1. The van der Waals surface area contributed by atoms with Crippen molar-refractivity contribution in [3.63, 3.8) is 0 Å². The average Bonchev–Trinajstić information content (AvgIpc) is 2.41. The molecule has 1 heterocycles. The maximum absolute atomic E-state index is 13.1. The van der Waals surface area contributed by atoms with Gasteiger partial charge in [0.1, 0.15) is 5.82 Å². The lowest BCUT2D eigenvalue weighted by Gasteiger charge is -2.16. The van der Waals surface area contributed by atoms with E-state index in [2.05, 4.69) is 26.2 Å². The fourth-order valence-corrected chi connectivity index (χ4v) is 2.08. The Morgan fingerprint density at radius 1 is 1.40 bits per heavy atom. The lowest BCUT2D eigenvalue weighted by molar-refractivity contribution is -0.384. The highest BCUT2D eigenvalue weighted by molar-refractivity contribution is 9.10. The highest BCUT2D eigenvalue weighted by atomic mass is 79.9. The summed E-state index contributed by atoms with van der Waals surface area (Å²) in [4.78, 5) is 14.1. The molecule has 0 aliphatic carbocycles. The second-order valence-electron chi connectivity index (χ2n) is 4.22. The Hall–Kier alpha value is -2.02. The van der Waals surface area contributed by atoms with Gasteiger partial charge in [-0.3, -0.25) is 15.1 Å². The molecule has 2 aromatic rings. The Morgan fingerprint density at radius 2 is 2.15 bits per heavy atom. The van der Waals surface area contributed by atoms with Gasteiger partial charge in [-0.25, -0.2) is 4.39 Å². The highest BCUT2D eigenvalue weighted by Crippen LogP contribution is 2.30. The van der Waals surface area contributed by atoms with Crippen molar-refractivity contribution in [3.05, 3.63) is 62.6 Å². The SMILES string of the molecule is CC(Nc1cc([N+](=O)[O-])ccc1Br)c1cncc(F)c1. The average molecular weight is 340 g/mol. The molecule has 1 aromatic carbocycles. The van der Waals surface area contributed by atoms with Crippen molar-refractivity contribution < 1.29 is 9.31 Å². The molecule has 0 fully saturated rings. The summed E-state index contributed by atoms with van der Waals surface area (Å²) >= 11 is 3.32. The van der Waals surface area contributed by atoms with Crippen LogP contribution in [0.2, 0.25) is 0 Å². The number of hydrogen-bond acceptors (Lipinski definition) is 4. The van der Waals surface area contributed by atoms with Crippen molar-refractivity contribution in [2.75, 3.05) is 5.32 Å². The van der Waals surface area contributed by atoms with Crippen LogP contribution in [0.4, 0.5) is 15.8 Å². The van der Waals surface area contributed by atoms with Crippen molar-refractivity contribution in [1.29, 1.82) is 0 Å². The lowest BCUT2D eigenvalue weighted by Crippen LogP contribution is -2.08. The Bertz CT molecular complexity index is 651. The van der Waals surface area contributed by atoms with E-state index in [-0.39, 0.29) is 11.7 Å². The van der Waals surface area contributed by atoms with Gasteiger partial charge in [0.2, 0.25) is 0 Å². The third-order valence-corrected chi connectivity index (χ3v) is 3.45. The molecule has 0 aliphatic heterocycles. The molecule has 0 spiro atoms. The first-order valence-electron chi connectivity index (χ1n) is 5.78. The molecule has 0 saturated heterocycles. The topological polar surface area (TPSA) is 68.1 Å². The molecular formula is C13H11BrFN3O2. The number of pyridine rings is 1. The number of rotatable bonds is 4. The number of nitro groups is 1. The van der Waals surface area contributed by atoms with Crippen LogP contribution < -0.4 is 5.32 Å². The zero-order chi connectivity index (χ0) is 14.7. The quantitative estimate of drug-likeness (QED) is 0.673. The van der Waals surface area contributed by atoms with E-state index in [1.807, 2.05) is 6.92 Å². The van der Waals surface area contributed by atoms with Gasteiger partial charge in [0.25, 0.3) is 5.69 Å². The van der Waals surface area contributed by atoms with E-state index in [1.165, 1.54) is 18.2 Å². The minimum Gasteiger partial charge on any atom is -0.377 e. The first-order chi connectivity index (χ1) is 9.47. The summed E-state index contributed by atoms with van der Waals surface area (Å²) in [7, 11) is 0. The number of hydrogen-bond donors (Lipinski definition) is 1. The van der Waals surface area contributed by atoms with E-state index in [0.717, 1.165) is 6.20 Å². The summed E-state index contributed by atoms with van der Waals surface area (Å²) in [6.07, 6.45) is 2.67. The number of nitro benzene ring substituents is 1. The zero-order valence-corrected chi connectivity index (χ0v) is 12.1. The Kier molecular flexibility index (Phi) is 4.29. The van der Waals surface area contributed by atoms with Crippen LogP contribution in [0, 0.1) is 15.9 Å². The van der Waals surface area contributed by atoms with Crippen LogP contribution in [0.25, 0.3) is 0 Å². The molecule has 1 N–H and O–H groups in total. The van der Waals surface area contributed by atoms with Crippen LogP contribution in [-0.4, -0.2) is 9.91 Å². The van der Waals surface area contributed by atoms with Crippen LogP contribution in [0.15, 0.2) is 41.1 Å². The van der Waals surface area contributed by atoms with Crippen molar-refractivity contribution >= 4 is 27.3 Å². The number of nitrogens with zero attached hydrogens (tertiary/aromatic N) is 2. The fraction of sp³-hybridized carbons (Fsp3) is 0.154. The third kappa shape index (κ3) is 3.30. The Labute approximate surface area is 123 Å². The Morgan fingerprint density at radius 3 is 2.80 bits per heavy atom. The summed E-state index contributed by atoms with van der Waals surface area (Å²) in [5, 5.41) is 13.9. The van der Waals surface area contributed by atoms with Gasteiger partial charge in [0, 0.05) is 22.8 Å². The van der Waals surface area contributed by atoms with Crippen LogP contribution >= 0.6 is 15.9 Å². The monoisotopic (exact) mass is 339 g/mol. The van der Waals surface area contributed by atoms with E-state index >= 15 is 0 Å². The van der Waals surface area contributed by atoms with Gasteiger partial charge in [-0.05, 0) is 40.5 Å². The normalized spacial score (nSPS) is 11.9. The predicted molar refractivity (Wildman–Crippen MR) is 77.0 cm³/mol. The summed E-state index contributed by atoms with van der Waals surface area (Å²) in [5.74, 6) is -0.422. The minimum absolute atomic E-state index is 0.0136. The molecule has 1 aromatic heterocycles. The first kappa shape index (κ1) is 14.4. The van der Waals surface area contributed by atoms with E-state index in [9.17, 15) is 14.5 Å². The van der Waals surface area contributed by atoms with Gasteiger partial charge in [-0.2, -0.15) is 0 Å². The molecule has 1 unspecified atom stereocenters. The molecule has 0 radical (unpaired) electrons. The van der Waals surface area contributed by atoms with E-state index in [4.69, 9.17) is 0 Å². The summed E-state index contributed by atoms with van der Waals surface area (Å²) < 4.78 is 13.8. The largest absolute Gasteiger partial charge is 0.377 e. The number of benzene rings is 1. The summed E-state index contributed by atoms with van der Waals surface area (Å²) in [5.41, 5.74) is 1.21. The molecule has 0 bridgehead atoms. The molecule has 0 amide bonds. The van der Waals surface area contributed by atoms with Gasteiger partial charge < -0.3 is 5.32 Å². The summed E-state index contributed by atoms with van der Waals surface area (Å²) in [6, 6.07) is 5.56. The minimum atomic E-state index is -0.466. The van der Waals surface area contributed by atoms with Crippen molar-refractivity contribution in [3.8, 4) is 0 Å². The van der Waals surface area contributed by atoms with Crippen LogP contribution in [0.5, 0.6) is 0 Å². The highest BCUT2D eigenvalue weighted by Gasteiger charge is 2.13. The number of halogens is 2. The third-order valence-electron chi connectivity index (χ3n) is 2.76. The zero-order valence-electron chi connectivity index (χ0n) is 10.5. The molecule has 7 heteroatoms. The molecular weight excluding hydrogens is 329 g/mol. The maximum atomic E-state index is 13.1. The van der Waals surface area contributed by atoms with E-state index in [0.29, 0.717) is 15.7 Å². The van der Waals surface area contributed by atoms with Gasteiger partial charge in [-0.15, -0.1) is 0 Å². The fourth-order valence-electron chi connectivity index (χ4n) is 1.72. The van der Waals surface area contributed by atoms with E-state index < -0.39 is 10.7 Å². The van der Waals surface area contributed by atoms with Crippen molar-refractivity contribution in [1.82, 2.24) is 4.98 Å². The molecule has 5 nitrogen and oxygen atoms in total.